The summed E-state index contributed by atoms with van der Waals surface area (Å²) in [6, 6.07) is -0.574. The van der Waals surface area contributed by atoms with Crippen LogP contribution in [0.5, 0.6) is 0 Å². The molecule has 0 spiro atoms. The molecule has 0 fully saturated rings. The fourth-order valence-electron chi connectivity index (χ4n) is 8.23. The standard InChI is InChI=1S/C60H107NO3/c1-3-5-7-9-11-13-15-17-19-21-23-25-27-28-29-30-31-32-34-35-37-39-41-43-45-47-49-51-53-55-59(63)58(57-62)61-60(64)56-54-52-50-48-46-44-42-40-38-36-33-26-24-22-20-18-16-14-12-10-8-6-4-2/h6,8,12,14,18,20,24,26,36,38,42,44,48,50,58-59,62-63H,3-5,7,9-11,13,15-17,19,21-23,25,27-35,37,39-41,43,45-47,49,51-57H2,1-2H3,(H,61,64)/b8-6-,14-12-,20-18-,26-24-,38-36-,44-42-,50-48-. The van der Waals surface area contributed by atoms with Crippen molar-refractivity contribution in [3.8, 4) is 0 Å². The lowest BCUT2D eigenvalue weighted by atomic mass is 10.0. The summed E-state index contributed by atoms with van der Waals surface area (Å²) in [5, 5.41) is 23.3. The number of rotatable bonds is 50. The van der Waals surface area contributed by atoms with Gasteiger partial charge < -0.3 is 15.5 Å². The highest BCUT2D eigenvalue weighted by Gasteiger charge is 2.19. The Bertz CT molecular complexity index is 1150. The fraction of sp³-hybridized carbons (Fsp3) is 0.750. The lowest BCUT2D eigenvalue weighted by molar-refractivity contribution is -0.123. The molecule has 0 aromatic carbocycles. The number of carbonyl (C=O) groups excluding carboxylic acids is 1. The van der Waals surface area contributed by atoms with E-state index in [1.165, 1.54) is 173 Å². The largest absolute Gasteiger partial charge is 0.394 e. The Morgan fingerprint density at radius 1 is 0.391 bits per heavy atom. The van der Waals surface area contributed by atoms with Crippen molar-refractivity contribution < 1.29 is 15.0 Å². The monoisotopic (exact) mass is 890 g/mol. The molecule has 2 atom stereocenters. The second-order valence-corrected chi connectivity index (χ2v) is 18.6. The molecule has 0 aromatic rings. The molecule has 370 valence electrons. The number of aliphatic hydroxyl groups is 2. The van der Waals surface area contributed by atoms with Gasteiger partial charge in [-0.05, 0) is 64.2 Å². The van der Waals surface area contributed by atoms with Crippen molar-refractivity contribution in [1.29, 1.82) is 0 Å². The molecule has 0 radical (unpaired) electrons. The molecule has 1 amide bonds. The first-order valence-corrected chi connectivity index (χ1v) is 27.8. The SMILES string of the molecule is CC/C=C\C/C=C\C/C=C\C/C=C\C/C=C\C/C=C\C/C=C\CCCC(=O)NC(CO)C(O)CCCCCCCCCCCCCCCCCCCCCCCCCCCCCCC. The molecule has 0 aliphatic rings. The molecule has 0 bridgehead atoms. The van der Waals surface area contributed by atoms with Crippen molar-refractivity contribution in [2.45, 2.75) is 283 Å². The van der Waals surface area contributed by atoms with Crippen LogP contribution in [-0.4, -0.2) is 34.9 Å². The number of allylic oxidation sites excluding steroid dienone is 14. The predicted molar refractivity (Wildman–Crippen MR) is 285 cm³/mol. The molecule has 3 N–H and O–H groups in total. The van der Waals surface area contributed by atoms with Crippen molar-refractivity contribution >= 4 is 5.91 Å². The normalized spacial score (nSPS) is 13.5. The van der Waals surface area contributed by atoms with Gasteiger partial charge in [0.05, 0.1) is 18.8 Å². The Hall–Kier alpha value is -2.43. The van der Waals surface area contributed by atoms with E-state index in [1.807, 2.05) is 0 Å². The first-order valence-electron chi connectivity index (χ1n) is 27.8. The minimum absolute atomic E-state index is 0.0889. The van der Waals surface area contributed by atoms with Gasteiger partial charge >= 0.3 is 0 Å². The lowest BCUT2D eigenvalue weighted by Crippen LogP contribution is -2.45. The van der Waals surface area contributed by atoms with Crippen LogP contribution in [0.4, 0.5) is 0 Å². The molecule has 2 unspecified atom stereocenters. The molecule has 0 heterocycles. The Balaban J connectivity index is 3.56. The molecule has 4 nitrogen and oxygen atoms in total. The van der Waals surface area contributed by atoms with Crippen molar-refractivity contribution in [1.82, 2.24) is 5.32 Å². The average molecular weight is 891 g/mol. The lowest BCUT2D eigenvalue weighted by Gasteiger charge is -2.22. The molecule has 0 aromatic heterocycles. The Labute approximate surface area is 399 Å². The summed E-state index contributed by atoms with van der Waals surface area (Å²) in [7, 11) is 0. The quantitative estimate of drug-likeness (QED) is 0.0421. The van der Waals surface area contributed by atoms with Gasteiger partial charge in [0.15, 0.2) is 0 Å². The van der Waals surface area contributed by atoms with Crippen LogP contribution in [0.3, 0.4) is 0 Å². The van der Waals surface area contributed by atoms with Gasteiger partial charge in [-0.3, -0.25) is 4.79 Å². The number of hydrogen-bond acceptors (Lipinski definition) is 3. The van der Waals surface area contributed by atoms with E-state index < -0.39 is 12.1 Å². The summed E-state index contributed by atoms with van der Waals surface area (Å²) >= 11 is 0. The first kappa shape index (κ1) is 61.6. The van der Waals surface area contributed by atoms with Gasteiger partial charge in [-0.15, -0.1) is 0 Å². The minimum Gasteiger partial charge on any atom is -0.394 e. The van der Waals surface area contributed by atoms with E-state index in [2.05, 4.69) is 104 Å². The molecule has 4 heteroatoms. The first-order chi connectivity index (χ1) is 31.7. The van der Waals surface area contributed by atoms with Gasteiger partial charge in [0.1, 0.15) is 0 Å². The van der Waals surface area contributed by atoms with E-state index in [-0.39, 0.29) is 12.5 Å². The third-order valence-corrected chi connectivity index (χ3v) is 12.4. The molecular formula is C60H107NO3. The summed E-state index contributed by atoms with van der Waals surface area (Å²) in [5.74, 6) is -0.0889. The molecule has 0 rings (SSSR count). The summed E-state index contributed by atoms with van der Waals surface area (Å²) in [5.41, 5.74) is 0. The van der Waals surface area contributed by atoms with Gasteiger partial charge in [-0.2, -0.15) is 0 Å². The van der Waals surface area contributed by atoms with Crippen LogP contribution in [0.15, 0.2) is 85.1 Å². The molecule has 0 saturated heterocycles. The van der Waals surface area contributed by atoms with Crippen molar-refractivity contribution in [3.05, 3.63) is 85.1 Å². The van der Waals surface area contributed by atoms with Crippen molar-refractivity contribution in [2.24, 2.45) is 0 Å². The van der Waals surface area contributed by atoms with Gasteiger partial charge in [-0.25, -0.2) is 0 Å². The maximum Gasteiger partial charge on any atom is 0.220 e. The average Bonchev–Trinajstić information content (AvgIpc) is 3.30. The van der Waals surface area contributed by atoms with Crippen LogP contribution in [0, 0.1) is 0 Å². The Morgan fingerprint density at radius 3 is 0.969 bits per heavy atom. The third kappa shape index (κ3) is 50.6. The van der Waals surface area contributed by atoms with E-state index >= 15 is 0 Å². The molecular weight excluding hydrogens is 783 g/mol. The second-order valence-electron chi connectivity index (χ2n) is 18.6. The number of carbonyl (C=O) groups is 1. The highest BCUT2D eigenvalue weighted by atomic mass is 16.3. The number of amides is 1. The van der Waals surface area contributed by atoms with Crippen molar-refractivity contribution in [3.63, 3.8) is 0 Å². The molecule has 0 aliphatic carbocycles. The number of nitrogens with one attached hydrogen (secondary N) is 1. The van der Waals surface area contributed by atoms with Crippen LogP contribution in [0.25, 0.3) is 0 Å². The van der Waals surface area contributed by atoms with Crippen LogP contribution >= 0.6 is 0 Å². The van der Waals surface area contributed by atoms with Crippen LogP contribution < -0.4 is 5.32 Å². The van der Waals surface area contributed by atoms with E-state index in [9.17, 15) is 15.0 Å². The van der Waals surface area contributed by atoms with Crippen LogP contribution in [0.2, 0.25) is 0 Å². The zero-order valence-electron chi connectivity index (χ0n) is 42.5. The number of hydrogen-bond donors (Lipinski definition) is 3. The molecule has 0 saturated carbocycles. The Morgan fingerprint density at radius 2 is 0.672 bits per heavy atom. The predicted octanol–water partition coefficient (Wildman–Crippen LogP) is 18.4. The van der Waals surface area contributed by atoms with Crippen LogP contribution in [-0.2, 0) is 4.79 Å². The second kappa shape index (κ2) is 54.9. The van der Waals surface area contributed by atoms with E-state index in [1.54, 1.807) is 0 Å². The van der Waals surface area contributed by atoms with E-state index in [0.29, 0.717) is 12.8 Å². The topological polar surface area (TPSA) is 69.6 Å². The summed E-state index contributed by atoms with van der Waals surface area (Å²) in [6.07, 6.45) is 80.0. The molecule has 0 aliphatic heterocycles. The number of aliphatic hydroxyl groups excluding tert-OH is 2. The molecule has 64 heavy (non-hydrogen) atoms. The van der Waals surface area contributed by atoms with Crippen molar-refractivity contribution in [2.75, 3.05) is 6.61 Å². The van der Waals surface area contributed by atoms with E-state index in [4.69, 9.17) is 0 Å². The highest BCUT2D eigenvalue weighted by Crippen LogP contribution is 2.17. The third-order valence-electron chi connectivity index (χ3n) is 12.4. The highest BCUT2D eigenvalue weighted by molar-refractivity contribution is 5.76. The summed E-state index contributed by atoms with van der Waals surface area (Å²) in [4.78, 5) is 12.5. The summed E-state index contributed by atoms with van der Waals surface area (Å²) in [6.45, 7) is 4.24. The Kier molecular flexibility index (Phi) is 52.8. The van der Waals surface area contributed by atoms with Crippen LogP contribution in [0.1, 0.15) is 271 Å². The van der Waals surface area contributed by atoms with Gasteiger partial charge in [0.2, 0.25) is 5.91 Å². The maximum atomic E-state index is 12.5. The van der Waals surface area contributed by atoms with E-state index in [0.717, 1.165) is 70.6 Å². The maximum absolute atomic E-state index is 12.5. The van der Waals surface area contributed by atoms with Gasteiger partial charge in [-0.1, -0.05) is 285 Å². The minimum atomic E-state index is -0.691. The van der Waals surface area contributed by atoms with Gasteiger partial charge in [0.25, 0.3) is 0 Å². The number of unbranched alkanes of at least 4 members (excludes halogenated alkanes) is 29. The van der Waals surface area contributed by atoms with Gasteiger partial charge in [0, 0.05) is 6.42 Å². The zero-order chi connectivity index (χ0) is 46.3. The fourth-order valence-corrected chi connectivity index (χ4v) is 8.23. The smallest absolute Gasteiger partial charge is 0.220 e. The zero-order valence-corrected chi connectivity index (χ0v) is 42.5. The summed E-state index contributed by atoms with van der Waals surface area (Å²) < 4.78 is 0.